The maximum atomic E-state index is 11.3. The number of ether oxygens (including phenoxy) is 3. The first-order chi connectivity index (χ1) is 9.06. The maximum absolute atomic E-state index is 11.3. The first-order valence-electron chi connectivity index (χ1n) is 5.81. The van der Waals surface area contributed by atoms with E-state index in [0.717, 1.165) is 0 Å². The number of aliphatic carboxylic acids is 1. The molecule has 106 valence electrons. The van der Waals surface area contributed by atoms with Gasteiger partial charge < -0.3 is 19.3 Å². The summed E-state index contributed by atoms with van der Waals surface area (Å²) < 4.78 is 15.5. The molecule has 0 aromatic heterocycles. The molecule has 1 aromatic rings. The molecular formula is C13H17ClO5. The Labute approximate surface area is 117 Å². The van der Waals surface area contributed by atoms with Crippen molar-refractivity contribution in [2.45, 2.75) is 19.4 Å². The summed E-state index contributed by atoms with van der Waals surface area (Å²) in [4.78, 5) is 11.3. The van der Waals surface area contributed by atoms with E-state index in [1.165, 1.54) is 14.2 Å². The zero-order chi connectivity index (χ0) is 14.4. The van der Waals surface area contributed by atoms with Gasteiger partial charge in [0.05, 0.1) is 19.2 Å². The Morgan fingerprint density at radius 3 is 2.53 bits per heavy atom. The highest BCUT2D eigenvalue weighted by molar-refractivity contribution is 6.33. The molecule has 5 nitrogen and oxygen atoms in total. The molecule has 1 aromatic carbocycles. The normalized spacial score (nSPS) is 12.0. The number of carboxylic acid groups (broad SMARTS) is 1. The van der Waals surface area contributed by atoms with Crippen LogP contribution in [0.4, 0.5) is 0 Å². The summed E-state index contributed by atoms with van der Waals surface area (Å²) in [5, 5.41) is 9.40. The minimum atomic E-state index is -1.12. The number of benzene rings is 1. The summed E-state index contributed by atoms with van der Waals surface area (Å²) >= 11 is 6.16. The van der Waals surface area contributed by atoms with Crippen molar-refractivity contribution in [3.8, 4) is 11.5 Å². The molecule has 0 spiro atoms. The molecular weight excluding hydrogens is 272 g/mol. The van der Waals surface area contributed by atoms with Crippen LogP contribution in [0.1, 0.15) is 25.0 Å². The van der Waals surface area contributed by atoms with E-state index in [1.807, 2.05) is 6.92 Å². The first-order valence-corrected chi connectivity index (χ1v) is 6.19. The Morgan fingerprint density at radius 2 is 2.05 bits per heavy atom. The first kappa shape index (κ1) is 15.6. The standard InChI is InChI=1S/C13H17ClO5/c1-4-7-19-11(13(15)16)8-5-6-9(17-2)12(18-3)10(8)14/h5-6,11H,4,7H2,1-3H3,(H,15,16). The van der Waals surface area contributed by atoms with Gasteiger partial charge in [-0.1, -0.05) is 24.6 Å². The number of rotatable bonds is 7. The fraction of sp³-hybridized carbons (Fsp3) is 0.462. The number of hydrogen-bond acceptors (Lipinski definition) is 4. The Bertz CT molecular complexity index is 447. The second-order valence-electron chi connectivity index (χ2n) is 3.79. The van der Waals surface area contributed by atoms with Crippen LogP contribution >= 0.6 is 11.6 Å². The van der Waals surface area contributed by atoms with Gasteiger partial charge in [0.25, 0.3) is 0 Å². The fourth-order valence-corrected chi connectivity index (χ4v) is 1.97. The molecule has 0 bridgehead atoms. The molecule has 0 aliphatic heterocycles. The highest BCUT2D eigenvalue weighted by Crippen LogP contribution is 2.40. The van der Waals surface area contributed by atoms with Crippen molar-refractivity contribution in [1.82, 2.24) is 0 Å². The maximum Gasteiger partial charge on any atom is 0.337 e. The predicted octanol–water partition coefficient (Wildman–Crippen LogP) is 2.91. The van der Waals surface area contributed by atoms with Gasteiger partial charge in [0, 0.05) is 12.2 Å². The van der Waals surface area contributed by atoms with Crippen molar-refractivity contribution in [2.75, 3.05) is 20.8 Å². The summed E-state index contributed by atoms with van der Waals surface area (Å²) in [5.41, 5.74) is 0.347. The van der Waals surface area contributed by atoms with Crippen LogP contribution in [0.15, 0.2) is 12.1 Å². The molecule has 1 N–H and O–H groups in total. The van der Waals surface area contributed by atoms with Gasteiger partial charge in [0.1, 0.15) is 0 Å². The average Bonchev–Trinajstić information content (AvgIpc) is 2.39. The second-order valence-corrected chi connectivity index (χ2v) is 4.17. The van der Waals surface area contributed by atoms with Crippen molar-refractivity contribution in [3.63, 3.8) is 0 Å². The minimum absolute atomic E-state index is 0.186. The molecule has 1 atom stereocenters. The third-order valence-corrected chi connectivity index (χ3v) is 2.90. The van der Waals surface area contributed by atoms with Crippen LogP contribution in [-0.4, -0.2) is 31.9 Å². The van der Waals surface area contributed by atoms with E-state index >= 15 is 0 Å². The molecule has 0 saturated carbocycles. The molecule has 0 aliphatic carbocycles. The van der Waals surface area contributed by atoms with E-state index in [4.69, 9.17) is 25.8 Å². The van der Waals surface area contributed by atoms with E-state index in [9.17, 15) is 9.90 Å². The second kappa shape index (κ2) is 7.21. The Balaban J connectivity index is 3.20. The molecule has 1 unspecified atom stereocenters. The Kier molecular flexibility index (Phi) is 5.92. The molecule has 1 rings (SSSR count). The van der Waals surface area contributed by atoms with Crippen LogP contribution in [0.25, 0.3) is 0 Å². The lowest BCUT2D eigenvalue weighted by Crippen LogP contribution is -2.16. The SMILES string of the molecule is CCCOC(C(=O)O)c1ccc(OC)c(OC)c1Cl. The van der Waals surface area contributed by atoms with Gasteiger partial charge >= 0.3 is 5.97 Å². The minimum Gasteiger partial charge on any atom is -0.493 e. The van der Waals surface area contributed by atoms with Crippen molar-refractivity contribution in [1.29, 1.82) is 0 Å². The zero-order valence-electron chi connectivity index (χ0n) is 11.1. The van der Waals surface area contributed by atoms with Crippen LogP contribution in [-0.2, 0) is 9.53 Å². The molecule has 0 aliphatic rings. The number of methoxy groups -OCH3 is 2. The van der Waals surface area contributed by atoms with Crippen molar-refractivity contribution in [2.24, 2.45) is 0 Å². The molecule has 0 amide bonds. The van der Waals surface area contributed by atoms with Gasteiger partial charge in [-0.15, -0.1) is 0 Å². The largest absolute Gasteiger partial charge is 0.493 e. The van der Waals surface area contributed by atoms with Gasteiger partial charge in [-0.3, -0.25) is 0 Å². The molecule has 6 heteroatoms. The molecule has 0 radical (unpaired) electrons. The highest BCUT2D eigenvalue weighted by Gasteiger charge is 2.26. The van der Waals surface area contributed by atoms with Crippen LogP contribution in [0.2, 0.25) is 5.02 Å². The van der Waals surface area contributed by atoms with Gasteiger partial charge in [-0.25, -0.2) is 4.79 Å². The average molecular weight is 289 g/mol. The topological polar surface area (TPSA) is 65.0 Å². The van der Waals surface area contributed by atoms with Gasteiger partial charge in [-0.2, -0.15) is 0 Å². The highest BCUT2D eigenvalue weighted by atomic mass is 35.5. The van der Waals surface area contributed by atoms with E-state index in [1.54, 1.807) is 12.1 Å². The van der Waals surface area contributed by atoms with E-state index < -0.39 is 12.1 Å². The smallest absolute Gasteiger partial charge is 0.337 e. The Hall–Kier alpha value is -1.46. The van der Waals surface area contributed by atoms with E-state index in [0.29, 0.717) is 30.1 Å². The van der Waals surface area contributed by atoms with Gasteiger partial charge in [-0.05, 0) is 12.5 Å². The van der Waals surface area contributed by atoms with Gasteiger partial charge in [0.15, 0.2) is 17.6 Å². The summed E-state index contributed by atoms with van der Waals surface area (Å²) in [5.74, 6) is -0.355. The monoisotopic (exact) mass is 288 g/mol. The lowest BCUT2D eigenvalue weighted by atomic mass is 10.1. The van der Waals surface area contributed by atoms with Crippen LogP contribution in [0, 0.1) is 0 Å². The summed E-state index contributed by atoms with van der Waals surface area (Å²) in [6, 6.07) is 3.17. The number of carbonyl (C=O) groups is 1. The van der Waals surface area contributed by atoms with Crippen LogP contribution in [0.3, 0.4) is 0 Å². The van der Waals surface area contributed by atoms with Crippen LogP contribution < -0.4 is 9.47 Å². The van der Waals surface area contributed by atoms with Gasteiger partial charge in [0.2, 0.25) is 0 Å². The molecule has 0 saturated heterocycles. The fourth-order valence-electron chi connectivity index (χ4n) is 1.64. The number of halogens is 1. The quantitative estimate of drug-likeness (QED) is 0.836. The van der Waals surface area contributed by atoms with E-state index in [-0.39, 0.29) is 5.02 Å². The van der Waals surface area contributed by atoms with E-state index in [2.05, 4.69) is 0 Å². The van der Waals surface area contributed by atoms with Crippen molar-refractivity contribution in [3.05, 3.63) is 22.7 Å². The summed E-state index contributed by atoms with van der Waals surface area (Å²) in [6.45, 7) is 2.23. The lowest BCUT2D eigenvalue weighted by molar-refractivity contribution is -0.150. The summed E-state index contributed by atoms with van der Waals surface area (Å²) in [6.07, 6.45) is -0.401. The number of hydrogen-bond donors (Lipinski definition) is 1. The Morgan fingerprint density at radius 1 is 1.37 bits per heavy atom. The predicted molar refractivity (Wildman–Crippen MR) is 71.2 cm³/mol. The molecule has 0 fully saturated rings. The molecule has 0 heterocycles. The summed E-state index contributed by atoms with van der Waals surface area (Å²) in [7, 11) is 2.92. The van der Waals surface area contributed by atoms with Crippen LogP contribution in [0.5, 0.6) is 11.5 Å². The van der Waals surface area contributed by atoms with Crippen molar-refractivity contribution >= 4 is 17.6 Å². The molecule has 19 heavy (non-hydrogen) atoms. The number of carboxylic acids is 1. The van der Waals surface area contributed by atoms with Crippen molar-refractivity contribution < 1.29 is 24.1 Å². The lowest BCUT2D eigenvalue weighted by Gasteiger charge is -2.18. The zero-order valence-corrected chi connectivity index (χ0v) is 11.9. The third-order valence-electron chi connectivity index (χ3n) is 2.51. The third kappa shape index (κ3) is 3.52.